The highest BCUT2D eigenvalue weighted by Gasteiger charge is 2.26. The molecule has 4 rings (SSSR count). The molecule has 1 aliphatic rings. The first kappa shape index (κ1) is 23.4. The maximum atomic E-state index is 13.3. The zero-order chi connectivity index (χ0) is 23.6. The SMILES string of the molecule is CC(C)(C)c1ccc(-c2noc(CN3CCC(C(=O)Nc4ccc(F)c(Cl)c4)CC3)n2)cc1. The summed E-state index contributed by atoms with van der Waals surface area (Å²) in [5, 5.41) is 6.95. The molecule has 1 fully saturated rings. The number of halogens is 2. The fraction of sp³-hybridized carbons (Fsp3) is 0.400. The number of hydrogen-bond acceptors (Lipinski definition) is 5. The zero-order valence-electron chi connectivity index (χ0n) is 19.1. The predicted molar refractivity (Wildman–Crippen MR) is 126 cm³/mol. The van der Waals surface area contributed by atoms with Gasteiger partial charge in [-0.2, -0.15) is 4.98 Å². The number of carbonyl (C=O) groups excluding carboxylic acids is 1. The van der Waals surface area contributed by atoms with Crippen molar-refractivity contribution in [3.63, 3.8) is 0 Å². The van der Waals surface area contributed by atoms with Gasteiger partial charge in [0.2, 0.25) is 17.6 Å². The van der Waals surface area contributed by atoms with E-state index in [9.17, 15) is 9.18 Å². The van der Waals surface area contributed by atoms with Crippen LogP contribution in [0.4, 0.5) is 10.1 Å². The minimum atomic E-state index is -0.505. The van der Waals surface area contributed by atoms with Crippen molar-refractivity contribution >= 4 is 23.2 Å². The molecule has 1 aliphatic heterocycles. The molecule has 1 amide bonds. The van der Waals surface area contributed by atoms with E-state index in [2.05, 4.69) is 53.3 Å². The van der Waals surface area contributed by atoms with E-state index >= 15 is 0 Å². The number of nitrogens with one attached hydrogen (secondary N) is 1. The zero-order valence-corrected chi connectivity index (χ0v) is 19.8. The van der Waals surface area contributed by atoms with Gasteiger partial charge >= 0.3 is 0 Å². The Morgan fingerprint density at radius 1 is 1.18 bits per heavy atom. The molecular formula is C25H28ClFN4O2. The van der Waals surface area contributed by atoms with Gasteiger partial charge in [0.05, 0.1) is 11.6 Å². The molecule has 6 nitrogen and oxygen atoms in total. The Balaban J connectivity index is 1.29. The van der Waals surface area contributed by atoms with Crippen LogP contribution < -0.4 is 5.32 Å². The fourth-order valence-corrected chi connectivity index (χ4v) is 4.10. The Bertz CT molecular complexity index is 1120. The molecule has 8 heteroatoms. The molecule has 1 saturated heterocycles. The lowest BCUT2D eigenvalue weighted by Gasteiger charge is -2.30. The van der Waals surface area contributed by atoms with Gasteiger partial charge in [0.15, 0.2) is 0 Å². The normalized spacial score (nSPS) is 15.5. The standard InChI is InChI=1S/C25H28ClFN4O2/c1-25(2,3)18-6-4-16(5-7-18)23-29-22(33-30-23)15-31-12-10-17(11-13-31)24(32)28-19-8-9-21(27)20(26)14-19/h4-9,14,17H,10-13,15H2,1-3H3,(H,28,32). The van der Waals surface area contributed by atoms with Crippen LogP contribution >= 0.6 is 11.6 Å². The van der Waals surface area contributed by atoms with E-state index in [0.29, 0.717) is 23.9 Å². The van der Waals surface area contributed by atoms with Crippen LogP contribution in [0.2, 0.25) is 5.02 Å². The molecule has 0 aliphatic carbocycles. The van der Waals surface area contributed by atoms with Crippen molar-refractivity contribution in [3.8, 4) is 11.4 Å². The molecule has 0 unspecified atom stereocenters. The van der Waals surface area contributed by atoms with Gasteiger partial charge in [0, 0.05) is 17.2 Å². The lowest BCUT2D eigenvalue weighted by Crippen LogP contribution is -2.37. The van der Waals surface area contributed by atoms with Gasteiger partial charge in [0.1, 0.15) is 5.82 Å². The number of carbonyl (C=O) groups is 1. The van der Waals surface area contributed by atoms with Gasteiger partial charge in [-0.15, -0.1) is 0 Å². The quantitative estimate of drug-likeness (QED) is 0.519. The second-order valence-electron chi connectivity index (χ2n) is 9.51. The summed E-state index contributed by atoms with van der Waals surface area (Å²) in [6.07, 6.45) is 1.44. The van der Waals surface area contributed by atoms with Crippen molar-refractivity contribution in [2.75, 3.05) is 18.4 Å². The molecule has 1 aromatic heterocycles. The van der Waals surface area contributed by atoms with E-state index in [1.807, 2.05) is 12.1 Å². The average Bonchev–Trinajstić information content (AvgIpc) is 3.25. The number of amides is 1. The maximum absolute atomic E-state index is 13.3. The molecule has 0 spiro atoms. The van der Waals surface area contributed by atoms with E-state index < -0.39 is 5.82 Å². The topological polar surface area (TPSA) is 71.3 Å². The molecule has 0 saturated carbocycles. The molecule has 3 aromatic rings. The third-order valence-corrected chi connectivity index (χ3v) is 6.27. The molecule has 0 atom stereocenters. The molecule has 2 aromatic carbocycles. The molecule has 0 bridgehead atoms. The number of aromatic nitrogens is 2. The molecule has 0 radical (unpaired) electrons. The van der Waals surface area contributed by atoms with Gasteiger partial charge in [-0.05, 0) is 55.1 Å². The van der Waals surface area contributed by atoms with Gasteiger partial charge in [0.25, 0.3) is 0 Å². The Morgan fingerprint density at radius 3 is 2.52 bits per heavy atom. The average molecular weight is 471 g/mol. The van der Waals surface area contributed by atoms with Crippen LogP contribution in [0.1, 0.15) is 45.1 Å². The van der Waals surface area contributed by atoms with Crippen molar-refractivity contribution < 1.29 is 13.7 Å². The summed E-state index contributed by atoms with van der Waals surface area (Å²) in [5.41, 5.74) is 2.78. The first-order valence-electron chi connectivity index (χ1n) is 11.1. The molecule has 2 heterocycles. The summed E-state index contributed by atoms with van der Waals surface area (Å²) in [5.74, 6) is 0.460. The minimum Gasteiger partial charge on any atom is -0.338 e. The van der Waals surface area contributed by atoms with Gasteiger partial charge in [-0.1, -0.05) is 61.8 Å². The van der Waals surface area contributed by atoms with Crippen LogP contribution in [0.3, 0.4) is 0 Å². The van der Waals surface area contributed by atoms with Gasteiger partial charge in [-0.3, -0.25) is 9.69 Å². The lowest BCUT2D eigenvalue weighted by molar-refractivity contribution is -0.121. The van der Waals surface area contributed by atoms with Crippen molar-refractivity contribution in [2.45, 2.75) is 45.6 Å². The van der Waals surface area contributed by atoms with E-state index in [-0.39, 0.29) is 22.3 Å². The Morgan fingerprint density at radius 2 is 1.88 bits per heavy atom. The first-order valence-corrected chi connectivity index (χ1v) is 11.5. The number of anilines is 1. The molecule has 33 heavy (non-hydrogen) atoms. The Hall–Kier alpha value is -2.77. The van der Waals surface area contributed by atoms with Crippen molar-refractivity contribution in [1.82, 2.24) is 15.0 Å². The highest BCUT2D eigenvalue weighted by molar-refractivity contribution is 6.31. The van der Waals surface area contributed by atoms with E-state index in [1.54, 1.807) is 0 Å². The Labute approximate surface area is 198 Å². The third-order valence-electron chi connectivity index (χ3n) is 5.98. The monoisotopic (exact) mass is 470 g/mol. The summed E-state index contributed by atoms with van der Waals surface area (Å²) in [7, 11) is 0. The van der Waals surface area contributed by atoms with Crippen molar-refractivity contribution in [2.24, 2.45) is 5.92 Å². The minimum absolute atomic E-state index is 0.00769. The molecular weight excluding hydrogens is 443 g/mol. The third kappa shape index (κ3) is 5.78. The number of hydrogen-bond donors (Lipinski definition) is 1. The number of likely N-dealkylation sites (tertiary alicyclic amines) is 1. The lowest BCUT2D eigenvalue weighted by atomic mass is 9.87. The maximum Gasteiger partial charge on any atom is 0.241 e. The summed E-state index contributed by atoms with van der Waals surface area (Å²) in [4.78, 5) is 19.3. The van der Waals surface area contributed by atoms with E-state index in [0.717, 1.165) is 31.5 Å². The number of rotatable bonds is 5. The Kier molecular flexibility index (Phi) is 6.81. The van der Waals surface area contributed by atoms with Crippen molar-refractivity contribution in [3.05, 3.63) is 64.8 Å². The summed E-state index contributed by atoms with van der Waals surface area (Å²) in [6.45, 7) is 8.59. The van der Waals surface area contributed by atoms with Crippen LogP contribution in [0.25, 0.3) is 11.4 Å². The van der Waals surface area contributed by atoms with E-state index in [4.69, 9.17) is 16.1 Å². The number of benzene rings is 2. The molecule has 1 N–H and O–H groups in total. The van der Waals surface area contributed by atoms with Crippen LogP contribution in [0.5, 0.6) is 0 Å². The highest BCUT2D eigenvalue weighted by atomic mass is 35.5. The fourth-order valence-electron chi connectivity index (χ4n) is 3.92. The number of piperidine rings is 1. The van der Waals surface area contributed by atoms with E-state index in [1.165, 1.54) is 23.8 Å². The predicted octanol–water partition coefficient (Wildman–Crippen LogP) is 5.68. The van der Waals surface area contributed by atoms with Gasteiger partial charge < -0.3 is 9.84 Å². The van der Waals surface area contributed by atoms with Crippen LogP contribution in [-0.4, -0.2) is 34.0 Å². The second-order valence-corrected chi connectivity index (χ2v) is 9.91. The smallest absolute Gasteiger partial charge is 0.241 e. The summed E-state index contributed by atoms with van der Waals surface area (Å²) < 4.78 is 18.8. The van der Waals surface area contributed by atoms with Crippen LogP contribution in [0, 0.1) is 11.7 Å². The van der Waals surface area contributed by atoms with Crippen LogP contribution in [-0.2, 0) is 16.8 Å². The number of nitrogens with zero attached hydrogens (tertiary/aromatic N) is 3. The first-order chi connectivity index (χ1) is 15.7. The highest BCUT2D eigenvalue weighted by Crippen LogP contribution is 2.26. The summed E-state index contributed by atoms with van der Waals surface area (Å²) >= 11 is 5.79. The molecule has 174 valence electrons. The summed E-state index contributed by atoms with van der Waals surface area (Å²) in [6, 6.07) is 12.4. The van der Waals surface area contributed by atoms with Gasteiger partial charge in [-0.25, -0.2) is 4.39 Å². The largest absolute Gasteiger partial charge is 0.338 e. The second kappa shape index (κ2) is 9.61. The van der Waals surface area contributed by atoms with Crippen LogP contribution in [0.15, 0.2) is 47.0 Å². The van der Waals surface area contributed by atoms with Crippen molar-refractivity contribution in [1.29, 1.82) is 0 Å².